The van der Waals surface area contributed by atoms with Crippen molar-refractivity contribution in [1.29, 1.82) is 5.26 Å². The molecular weight excluding hydrogens is 242 g/mol. The maximum Gasteiger partial charge on any atom is 0.225 e. The van der Waals surface area contributed by atoms with Crippen LogP contribution >= 0.6 is 0 Å². The van der Waals surface area contributed by atoms with Crippen LogP contribution in [0.15, 0.2) is 24.3 Å². The maximum atomic E-state index is 11.9. The summed E-state index contributed by atoms with van der Waals surface area (Å²) in [6.45, 7) is 0.832. The van der Waals surface area contributed by atoms with E-state index >= 15 is 0 Å². The van der Waals surface area contributed by atoms with Crippen molar-refractivity contribution in [1.82, 2.24) is 4.90 Å². The van der Waals surface area contributed by atoms with E-state index in [1.54, 1.807) is 31.2 Å². The van der Waals surface area contributed by atoms with Crippen molar-refractivity contribution in [2.75, 3.05) is 20.7 Å². The molecule has 2 N–H and O–H groups in total. The number of methoxy groups -OCH3 is 1. The predicted molar refractivity (Wildman–Crippen MR) is 72.1 cm³/mol. The van der Waals surface area contributed by atoms with Crippen molar-refractivity contribution >= 4 is 5.91 Å². The standard InChI is InChI=1S/C14H19N3O2/c1-17(14(18)7-13(9-16)19-2)10-12-5-3-11(8-15)4-6-12/h3-6,13H,7,9-10,16H2,1-2H3. The molecule has 0 fully saturated rings. The summed E-state index contributed by atoms with van der Waals surface area (Å²) in [6, 6.07) is 9.24. The van der Waals surface area contributed by atoms with Gasteiger partial charge in [-0.15, -0.1) is 0 Å². The normalized spacial score (nSPS) is 11.7. The van der Waals surface area contributed by atoms with Gasteiger partial charge in [-0.3, -0.25) is 4.79 Å². The van der Waals surface area contributed by atoms with Gasteiger partial charge in [0.05, 0.1) is 24.2 Å². The van der Waals surface area contributed by atoms with Crippen LogP contribution in [0.25, 0.3) is 0 Å². The van der Waals surface area contributed by atoms with Gasteiger partial charge in [-0.2, -0.15) is 5.26 Å². The van der Waals surface area contributed by atoms with Crippen LogP contribution in [0.3, 0.4) is 0 Å². The highest BCUT2D eigenvalue weighted by Crippen LogP contribution is 2.08. The third-order valence-electron chi connectivity index (χ3n) is 2.93. The molecule has 1 unspecified atom stereocenters. The van der Waals surface area contributed by atoms with E-state index in [-0.39, 0.29) is 18.4 Å². The van der Waals surface area contributed by atoms with Gasteiger partial charge in [-0.25, -0.2) is 0 Å². The van der Waals surface area contributed by atoms with Crippen molar-refractivity contribution < 1.29 is 9.53 Å². The molecule has 0 aromatic heterocycles. The molecule has 0 aliphatic heterocycles. The van der Waals surface area contributed by atoms with Gasteiger partial charge < -0.3 is 15.4 Å². The second-order valence-corrected chi connectivity index (χ2v) is 4.36. The summed E-state index contributed by atoms with van der Waals surface area (Å²) in [5, 5.41) is 8.71. The lowest BCUT2D eigenvalue weighted by atomic mass is 10.1. The molecule has 0 saturated carbocycles. The van der Waals surface area contributed by atoms with Crippen LogP contribution in [0.1, 0.15) is 17.5 Å². The Labute approximate surface area is 113 Å². The van der Waals surface area contributed by atoms with E-state index in [9.17, 15) is 4.79 Å². The zero-order chi connectivity index (χ0) is 14.3. The van der Waals surface area contributed by atoms with Crippen molar-refractivity contribution in [3.05, 3.63) is 35.4 Å². The summed E-state index contributed by atoms with van der Waals surface area (Å²) >= 11 is 0. The first-order chi connectivity index (χ1) is 9.10. The second kappa shape index (κ2) is 7.52. The minimum absolute atomic E-state index is 0.0124. The summed E-state index contributed by atoms with van der Waals surface area (Å²) in [4.78, 5) is 13.6. The van der Waals surface area contributed by atoms with Gasteiger partial charge >= 0.3 is 0 Å². The molecule has 0 radical (unpaired) electrons. The van der Waals surface area contributed by atoms with Crippen LogP contribution in [-0.4, -0.2) is 37.6 Å². The number of carbonyl (C=O) groups excluding carboxylic acids is 1. The first-order valence-electron chi connectivity index (χ1n) is 6.06. The Hall–Kier alpha value is -1.90. The van der Waals surface area contributed by atoms with E-state index in [0.717, 1.165) is 5.56 Å². The summed E-state index contributed by atoms with van der Waals surface area (Å²) in [5.74, 6) is -0.0124. The number of rotatable bonds is 6. The van der Waals surface area contributed by atoms with E-state index < -0.39 is 0 Å². The molecule has 0 spiro atoms. The minimum atomic E-state index is -0.240. The zero-order valence-corrected chi connectivity index (χ0v) is 11.3. The van der Waals surface area contributed by atoms with Crippen molar-refractivity contribution in [2.24, 2.45) is 5.73 Å². The Bertz CT molecular complexity index is 447. The predicted octanol–water partition coefficient (Wildman–Crippen LogP) is 0.880. The zero-order valence-electron chi connectivity index (χ0n) is 11.3. The van der Waals surface area contributed by atoms with Crippen LogP contribution < -0.4 is 5.73 Å². The van der Waals surface area contributed by atoms with E-state index in [4.69, 9.17) is 15.7 Å². The highest BCUT2D eigenvalue weighted by atomic mass is 16.5. The third kappa shape index (κ3) is 4.70. The topological polar surface area (TPSA) is 79.3 Å². The monoisotopic (exact) mass is 261 g/mol. The van der Waals surface area contributed by atoms with Gasteiger partial charge in [0, 0.05) is 27.2 Å². The number of ether oxygens (including phenoxy) is 1. The van der Waals surface area contributed by atoms with E-state index in [1.807, 2.05) is 12.1 Å². The van der Waals surface area contributed by atoms with Crippen LogP contribution in [0.5, 0.6) is 0 Å². The summed E-state index contributed by atoms with van der Waals surface area (Å²) in [5.41, 5.74) is 7.08. The number of hydrogen-bond donors (Lipinski definition) is 1. The molecule has 1 aromatic rings. The van der Waals surface area contributed by atoms with Crippen molar-refractivity contribution in [3.63, 3.8) is 0 Å². The van der Waals surface area contributed by atoms with Gasteiger partial charge in [-0.1, -0.05) is 12.1 Å². The highest BCUT2D eigenvalue weighted by Gasteiger charge is 2.15. The fourth-order valence-electron chi connectivity index (χ4n) is 1.66. The molecule has 0 heterocycles. The van der Waals surface area contributed by atoms with Crippen LogP contribution in [0.2, 0.25) is 0 Å². The van der Waals surface area contributed by atoms with E-state index in [0.29, 0.717) is 18.7 Å². The number of nitrogens with two attached hydrogens (primary N) is 1. The lowest BCUT2D eigenvalue weighted by molar-refractivity contribution is -0.132. The summed E-state index contributed by atoms with van der Waals surface area (Å²) in [7, 11) is 3.29. The first-order valence-corrected chi connectivity index (χ1v) is 6.06. The SMILES string of the molecule is COC(CN)CC(=O)N(C)Cc1ccc(C#N)cc1. The van der Waals surface area contributed by atoms with Crippen LogP contribution in [0, 0.1) is 11.3 Å². The Balaban J connectivity index is 2.56. The molecule has 5 heteroatoms. The Morgan fingerprint density at radius 3 is 2.58 bits per heavy atom. The lowest BCUT2D eigenvalue weighted by Gasteiger charge is -2.20. The van der Waals surface area contributed by atoms with Crippen molar-refractivity contribution in [3.8, 4) is 6.07 Å². The van der Waals surface area contributed by atoms with Gasteiger partial charge in [0.25, 0.3) is 0 Å². The van der Waals surface area contributed by atoms with Crippen molar-refractivity contribution in [2.45, 2.75) is 19.1 Å². The average Bonchev–Trinajstić information content (AvgIpc) is 2.45. The molecule has 19 heavy (non-hydrogen) atoms. The molecule has 5 nitrogen and oxygen atoms in total. The van der Waals surface area contributed by atoms with E-state index in [2.05, 4.69) is 6.07 Å². The molecule has 1 rings (SSSR count). The smallest absolute Gasteiger partial charge is 0.225 e. The number of benzene rings is 1. The summed E-state index contributed by atoms with van der Waals surface area (Å²) in [6.07, 6.45) is 0.0377. The number of amides is 1. The summed E-state index contributed by atoms with van der Waals surface area (Å²) < 4.78 is 5.09. The van der Waals surface area contributed by atoms with E-state index in [1.165, 1.54) is 0 Å². The second-order valence-electron chi connectivity index (χ2n) is 4.36. The Morgan fingerprint density at radius 2 is 2.11 bits per heavy atom. The Kier molecular flexibility index (Phi) is 6.00. The third-order valence-corrected chi connectivity index (χ3v) is 2.93. The van der Waals surface area contributed by atoms with Gasteiger partial charge in [0.2, 0.25) is 5.91 Å². The maximum absolute atomic E-state index is 11.9. The number of carbonyl (C=O) groups is 1. The quantitative estimate of drug-likeness (QED) is 0.824. The Morgan fingerprint density at radius 1 is 1.47 bits per heavy atom. The fraction of sp³-hybridized carbons (Fsp3) is 0.429. The minimum Gasteiger partial charge on any atom is -0.380 e. The molecule has 0 aliphatic carbocycles. The molecule has 1 amide bonds. The largest absolute Gasteiger partial charge is 0.380 e. The van der Waals surface area contributed by atoms with Gasteiger partial charge in [0.1, 0.15) is 0 Å². The molecule has 102 valence electrons. The molecule has 1 atom stereocenters. The lowest BCUT2D eigenvalue weighted by Crippen LogP contribution is -2.33. The molecule has 0 aliphatic rings. The highest BCUT2D eigenvalue weighted by molar-refractivity contribution is 5.76. The van der Waals surface area contributed by atoms with Gasteiger partial charge in [0.15, 0.2) is 0 Å². The molecule has 0 bridgehead atoms. The van der Waals surface area contributed by atoms with Crippen LogP contribution in [-0.2, 0) is 16.1 Å². The molecule has 0 saturated heterocycles. The number of nitriles is 1. The number of hydrogen-bond acceptors (Lipinski definition) is 4. The van der Waals surface area contributed by atoms with Gasteiger partial charge in [-0.05, 0) is 17.7 Å². The fourth-order valence-corrected chi connectivity index (χ4v) is 1.66. The average molecular weight is 261 g/mol. The number of nitrogens with zero attached hydrogens (tertiary/aromatic N) is 2. The first kappa shape index (κ1) is 15.2. The molecular formula is C14H19N3O2. The van der Waals surface area contributed by atoms with Crippen LogP contribution in [0.4, 0.5) is 0 Å². The molecule has 1 aromatic carbocycles.